The Morgan fingerprint density at radius 2 is 2.04 bits per heavy atom. The standard InChI is InChI=1S/C15H17N3O4S/c1-10(7-16-12(19)8-23-9-13(20)21)15-17-14(18-22-15)11-5-3-2-4-6-11/h2-6,10H,7-9H2,1H3,(H,16,19)(H,20,21). The molecular formula is C15H17N3O4S. The summed E-state index contributed by atoms with van der Waals surface area (Å²) in [7, 11) is 0. The van der Waals surface area contributed by atoms with Crippen molar-refractivity contribution in [3.63, 3.8) is 0 Å². The summed E-state index contributed by atoms with van der Waals surface area (Å²) in [5.74, 6) is -0.307. The minimum absolute atomic E-state index is 0.0902. The number of carboxylic acids is 1. The van der Waals surface area contributed by atoms with E-state index in [4.69, 9.17) is 9.63 Å². The van der Waals surface area contributed by atoms with Crippen LogP contribution in [-0.2, 0) is 9.59 Å². The monoisotopic (exact) mass is 335 g/mol. The van der Waals surface area contributed by atoms with Crippen LogP contribution in [0.4, 0.5) is 0 Å². The molecule has 1 aromatic heterocycles. The number of rotatable bonds is 8. The van der Waals surface area contributed by atoms with Crippen LogP contribution in [0.25, 0.3) is 11.4 Å². The molecule has 0 saturated carbocycles. The summed E-state index contributed by atoms with van der Waals surface area (Å²) in [6.45, 7) is 2.22. The Morgan fingerprint density at radius 3 is 2.74 bits per heavy atom. The van der Waals surface area contributed by atoms with E-state index in [1.54, 1.807) is 0 Å². The molecule has 0 saturated heterocycles. The van der Waals surface area contributed by atoms with Gasteiger partial charge in [0.05, 0.1) is 17.4 Å². The third-order valence-corrected chi connectivity index (χ3v) is 3.88. The summed E-state index contributed by atoms with van der Waals surface area (Å²) in [5, 5.41) is 15.2. The highest BCUT2D eigenvalue weighted by Gasteiger charge is 2.16. The number of thioether (sulfide) groups is 1. The van der Waals surface area contributed by atoms with Crippen molar-refractivity contribution in [3.8, 4) is 11.4 Å². The molecule has 1 amide bonds. The predicted octanol–water partition coefficient (Wildman–Crippen LogP) is 1.77. The van der Waals surface area contributed by atoms with E-state index >= 15 is 0 Å². The fourth-order valence-electron chi connectivity index (χ4n) is 1.78. The molecule has 1 heterocycles. The van der Waals surface area contributed by atoms with E-state index in [1.165, 1.54) is 0 Å². The molecule has 122 valence electrons. The third-order valence-electron chi connectivity index (χ3n) is 2.96. The van der Waals surface area contributed by atoms with Crippen LogP contribution in [-0.4, -0.2) is 45.2 Å². The highest BCUT2D eigenvalue weighted by molar-refractivity contribution is 8.00. The minimum atomic E-state index is -0.935. The minimum Gasteiger partial charge on any atom is -0.481 e. The van der Waals surface area contributed by atoms with Crippen molar-refractivity contribution in [1.29, 1.82) is 0 Å². The molecule has 7 nitrogen and oxygen atoms in total. The maximum absolute atomic E-state index is 11.6. The van der Waals surface area contributed by atoms with Gasteiger partial charge >= 0.3 is 5.97 Å². The first kappa shape index (κ1) is 17.0. The molecule has 0 fully saturated rings. The van der Waals surface area contributed by atoms with Gasteiger partial charge in [-0.2, -0.15) is 4.98 Å². The number of nitrogens with zero attached hydrogens (tertiary/aromatic N) is 2. The summed E-state index contributed by atoms with van der Waals surface area (Å²) in [5.41, 5.74) is 0.865. The van der Waals surface area contributed by atoms with Gasteiger partial charge in [0, 0.05) is 12.1 Å². The summed E-state index contributed by atoms with van der Waals surface area (Å²) in [4.78, 5) is 26.3. The molecule has 0 aliphatic rings. The smallest absolute Gasteiger partial charge is 0.313 e. The van der Waals surface area contributed by atoms with E-state index in [9.17, 15) is 9.59 Å². The van der Waals surface area contributed by atoms with Gasteiger partial charge in [0.1, 0.15) is 0 Å². The number of hydrogen-bond donors (Lipinski definition) is 2. The third kappa shape index (κ3) is 5.41. The summed E-state index contributed by atoms with van der Waals surface area (Å²) in [6.07, 6.45) is 0. The Labute approximate surface area is 137 Å². The van der Waals surface area contributed by atoms with Crippen LogP contribution in [0, 0.1) is 0 Å². The van der Waals surface area contributed by atoms with Gasteiger partial charge in [-0.15, -0.1) is 11.8 Å². The Kier molecular flexibility index (Phi) is 6.16. The quantitative estimate of drug-likeness (QED) is 0.757. The van der Waals surface area contributed by atoms with Crippen molar-refractivity contribution in [3.05, 3.63) is 36.2 Å². The van der Waals surface area contributed by atoms with E-state index < -0.39 is 5.97 Å². The molecule has 0 radical (unpaired) electrons. The number of amides is 1. The topological polar surface area (TPSA) is 105 Å². The Bertz CT molecular complexity index is 660. The molecular weight excluding hydrogens is 318 g/mol. The van der Waals surface area contributed by atoms with Gasteiger partial charge in [0.2, 0.25) is 17.6 Å². The first-order valence-corrected chi connectivity index (χ1v) is 8.17. The molecule has 0 aliphatic heterocycles. The lowest BCUT2D eigenvalue weighted by atomic mass is 10.2. The molecule has 0 spiro atoms. The molecule has 8 heteroatoms. The van der Waals surface area contributed by atoms with Crippen molar-refractivity contribution in [2.75, 3.05) is 18.1 Å². The fraction of sp³-hybridized carbons (Fsp3) is 0.333. The van der Waals surface area contributed by atoms with Crippen LogP contribution in [0.2, 0.25) is 0 Å². The SMILES string of the molecule is CC(CNC(=O)CSCC(=O)O)c1nc(-c2ccccc2)no1. The normalized spacial score (nSPS) is 11.9. The number of aromatic nitrogens is 2. The lowest BCUT2D eigenvalue weighted by Gasteiger charge is -2.08. The van der Waals surface area contributed by atoms with Crippen molar-refractivity contribution in [2.24, 2.45) is 0 Å². The molecule has 23 heavy (non-hydrogen) atoms. The second-order valence-electron chi connectivity index (χ2n) is 4.91. The van der Waals surface area contributed by atoms with Crippen molar-refractivity contribution >= 4 is 23.6 Å². The van der Waals surface area contributed by atoms with E-state index in [0.29, 0.717) is 18.3 Å². The maximum atomic E-state index is 11.6. The van der Waals surface area contributed by atoms with Gasteiger partial charge in [0.15, 0.2) is 0 Å². The van der Waals surface area contributed by atoms with E-state index in [1.807, 2.05) is 37.3 Å². The fourth-order valence-corrected chi connectivity index (χ4v) is 2.34. The van der Waals surface area contributed by atoms with E-state index in [0.717, 1.165) is 17.3 Å². The molecule has 2 aromatic rings. The van der Waals surface area contributed by atoms with Crippen LogP contribution in [0.5, 0.6) is 0 Å². The van der Waals surface area contributed by atoms with Crippen LogP contribution < -0.4 is 5.32 Å². The van der Waals surface area contributed by atoms with Crippen LogP contribution >= 0.6 is 11.8 Å². The Balaban J connectivity index is 1.82. The van der Waals surface area contributed by atoms with Crippen molar-refractivity contribution in [2.45, 2.75) is 12.8 Å². The predicted molar refractivity (Wildman–Crippen MR) is 86.1 cm³/mol. The van der Waals surface area contributed by atoms with Crippen LogP contribution in [0.3, 0.4) is 0 Å². The molecule has 1 atom stereocenters. The lowest BCUT2D eigenvalue weighted by molar-refractivity contribution is -0.133. The van der Waals surface area contributed by atoms with Crippen LogP contribution in [0.1, 0.15) is 18.7 Å². The van der Waals surface area contributed by atoms with Crippen LogP contribution in [0.15, 0.2) is 34.9 Å². The number of aliphatic carboxylic acids is 1. The maximum Gasteiger partial charge on any atom is 0.313 e. The van der Waals surface area contributed by atoms with Gasteiger partial charge in [-0.3, -0.25) is 9.59 Å². The number of carbonyl (C=O) groups excluding carboxylic acids is 1. The number of hydrogen-bond acceptors (Lipinski definition) is 6. The van der Waals surface area contributed by atoms with Crippen molar-refractivity contribution < 1.29 is 19.2 Å². The van der Waals surface area contributed by atoms with Gasteiger partial charge in [0.25, 0.3) is 0 Å². The molecule has 0 bridgehead atoms. The van der Waals surface area contributed by atoms with Gasteiger partial charge < -0.3 is 14.9 Å². The summed E-state index contributed by atoms with van der Waals surface area (Å²) < 4.78 is 5.23. The highest BCUT2D eigenvalue weighted by Crippen LogP contribution is 2.18. The lowest BCUT2D eigenvalue weighted by Crippen LogP contribution is -2.29. The zero-order chi connectivity index (χ0) is 16.7. The zero-order valence-corrected chi connectivity index (χ0v) is 13.4. The number of carboxylic acid groups (broad SMARTS) is 1. The first-order chi connectivity index (χ1) is 11.1. The largest absolute Gasteiger partial charge is 0.481 e. The molecule has 0 aliphatic carbocycles. The number of nitrogens with one attached hydrogen (secondary N) is 1. The summed E-state index contributed by atoms with van der Waals surface area (Å²) >= 11 is 1.06. The van der Waals surface area contributed by atoms with Gasteiger partial charge in [-0.25, -0.2) is 0 Å². The van der Waals surface area contributed by atoms with Gasteiger partial charge in [-0.05, 0) is 0 Å². The molecule has 1 aromatic carbocycles. The van der Waals surface area contributed by atoms with E-state index in [2.05, 4.69) is 15.5 Å². The molecule has 1 unspecified atom stereocenters. The zero-order valence-electron chi connectivity index (χ0n) is 12.6. The second-order valence-corrected chi connectivity index (χ2v) is 5.90. The average molecular weight is 335 g/mol. The average Bonchev–Trinajstić information content (AvgIpc) is 3.03. The second kappa shape index (κ2) is 8.33. The highest BCUT2D eigenvalue weighted by atomic mass is 32.2. The first-order valence-electron chi connectivity index (χ1n) is 7.01. The van der Waals surface area contributed by atoms with Crippen molar-refractivity contribution in [1.82, 2.24) is 15.5 Å². The Hall–Kier alpha value is -2.35. The molecule has 2 N–H and O–H groups in total. The number of benzene rings is 1. The summed E-state index contributed by atoms with van der Waals surface area (Å²) in [6, 6.07) is 9.47. The van der Waals surface area contributed by atoms with Gasteiger partial charge in [-0.1, -0.05) is 42.4 Å². The molecule has 2 rings (SSSR count). The Morgan fingerprint density at radius 1 is 1.30 bits per heavy atom. The number of carbonyl (C=O) groups is 2. The van der Waals surface area contributed by atoms with E-state index in [-0.39, 0.29) is 23.3 Å².